The molecule has 0 bridgehead atoms. The van der Waals surface area contributed by atoms with Gasteiger partial charge in [-0.3, -0.25) is 10.1 Å². The number of nitrogens with zero attached hydrogens (tertiary/aromatic N) is 1. The zero-order valence-electron chi connectivity index (χ0n) is 8.73. The predicted octanol–water partition coefficient (Wildman–Crippen LogP) is 2.65. The fraction of sp³-hybridized carbons (Fsp3) is 0.400. The molecule has 5 heteroatoms. The summed E-state index contributed by atoms with van der Waals surface area (Å²) < 4.78 is 5.36. The number of thioether (sulfide) groups is 1. The van der Waals surface area contributed by atoms with Gasteiger partial charge in [0.25, 0.3) is 0 Å². The van der Waals surface area contributed by atoms with Gasteiger partial charge in [-0.25, -0.2) is 0 Å². The molecule has 0 heterocycles. The van der Waals surface area contributed by atoms with E-state index in [-0.39, 0.29) is 5.69 Å². The van der Waals surface area contributed by atoms with Gasteiger partial charge >= 0.3 is 5.69 Å². The van der Waals surface area contributed by atoms with Crippen LogP contribution in [0.25, 0.3) is 0 Å². The van der Waals surface area contributed by atoms with E-state index in [0.717, 1.165) is 5.75 Å². The molecule has 0 aliphatic rings. The molecule has 15 heavy (non-hydrogen) atoms. The Bertz CT molecular complexity index is 355. The largest absolute Gasteiger partial charge is 0.486 e. The lowest BCUT2D eigenvalue weighted by atomic mass is 10.2. The van der Waals surface area contributed by atoms with Crippen LogP contribution < -0.4 is 4.74 Å². The van der Waals surface area contributed by atoms with Crippen LogP contribution in [0.1, 0.15) is 5.56 Å². The molecule has 0 aromatic heterocycles. The Hall–Kier alpha value is -1.23. The van der Waals surface area contributed by atoms with Crippen molar-refractivity contribution in [2.75, 3.05) is 18.6 Å². The highest BCUT2D eigenvalue weighted by Gasteiger charge is 2.17. The molecule has 0 unspecified atom stereocenters. The second-order valence-corrected chi connectivity index (χ2v) is 4.01. The van der Waals surface area contributed by atoms with Crippen LogP contribution in [0, 0.1) is 17.0 Å². The molecule has 0 saturated carbocycles. The lowest BCUT2D eigenvalue weighted by Gasteiger charge is -2.06. The summed E-state index contributed by atoms with van der Waals surface area (Å²) in [5.41, 5.74) is 0.695. The fourth-order valence-corrected chi connectivity index (χ4v) is 1.47. The molecular weight excluding hydrogens is 214 g/mol. The van der Waals surface area contributed by atoms with Crippen molar-refractivity contribution in [3.63, 3.8) is 0 Å². The zero-order chi connectivity index (χ0) is 11.3. The first-order valence-electron chi connectivity index (χ1n) is 4.52. The third kappa shape index (κ3) is 3.13. The highest BCUT2D eigenvalue weighted by Crippen LogP contribution is 2.29. The third-order valence-corrected chi connectivity index (χ3v) is 2.50. The summed E-state index contributed by atoms with van der Waals surface area (Å²) in [6.45, 7) is 2.20. The molecule has 4 nitrogen and oxygen atoms in total. The number of hydrogen-bond acceptors (Lipinski definition) is 4. The zero-order valence-corrected chi connectivity index (χ0v) is 9.54. The molecule has 0 amide bonds. The smallest absolute Gasteiger partial charge is 0.313 e. The van der Waals surface area contributed by atoms with Crippen LogP contribution in [0.3, 0.4) is 0 Å². The Labute approximate surface area is 92.8 Å². The van der Waals surface area contributed by atoms with Gasteiger partial charge in [-0.15, -0.1) is 0 Å². The maximum absolute atomic E-state index is 10.8. The van der Waals surface area contributed by atoms with Crippen LogP contribution in [0.15, 0.2) is 18.2 Å². The number of hydrogen-bond donors (Lipinski definition) is 0. The number of nitro groups is 1. The first-order chi connectivity index (χ1) is 7.16. The Morgan fingerprint density at radius 3 is 2.87 bits per heavy atom. The van der Waals surface area contributed by atoms with Crippen LogP contribution in [-0.4, -0.2) is 23.5 Å². The van der Waals surface area contributed by atoms with Gasteiger partial charge in [-0.05, 0) is 19.2 Å². The summed E-state index contributed by atoms with van der Waals surface area (Å²) >= 11 is 1.64. The van der Waals surface area contributed by atoms with Crippen molar-refractivity contribution in [3.8, 4) is 5.75 Å². The Balaban J connectivity index is 2.86. The van der Waals surface area contributed by atoms with E-state index in [0.29, 0.717) is 17.9 Å². The van der Waals surface area contributed by atoms with Gasteiger partial charge in [-0.1, -0.05) is 12.1 Å². The van der Waals surface area contributed by atoms with Crippen LogP contribution in [0.2, 0.25) is 0 Å². The van der Waals surface area contributed by atoms with E-state index in [1.54, 1.807) is 36.9 Å². The van der Waals surface area contributed by atoms with Crippen LogP contribution in [-0.2, 0) is 0 Å². The molecule has 1 rings (SSSR count). The van der Waals surface area contributed by atoms with E-state index in [9.17, 15) is 10.1 Å². The molecule has 0 spiro atoms. The van der Waals surface area contributed by atoms with Crippen molar-refractivity contribution < 1.29 is 9.66 Å². The van der Waals surface area contributed by atoms with Crippen molar-refractivity contribution in [1.29, 1.82) is 0 Å². The summed E-state index contributed by atoms with van der Waals surface area (Å²) in [5.74, 6) is 1.18. The molecule has 0 aliphatic carbocycles. The van der Waals surface area contributed by atoms with Gasteiger partial charge in [0.15, 0.2) is 5.75 Å². The number of rotatable bonds is 5. The Kier molecular flexibility index (Phi) is 4.42. The molecular formula is C10H13NO3S. The van der Waals surface area contributed by atoms with Crippen molar-refractivity contribution in [2.24, 2.45) is 0 Å². The standard InChI is InChI=1S/C10H13NO3S/c1-8-4-3-5-9(10(8)11(12)13)14-6-7-15-2/h3-5H,6-7H2,1-2H3. The second-order valence-electron chi connectivity index (χ2n) is 3.02. The van der Waals surface area contributed by atoms with Gasteiger partial charge in [0.2, 0.25) is 0 Å². The molecule has 0 saturated heterocycles. The van der Waals surface area contributed by atoms with E-state index < -0.39 is 4.92 Å². The summed E-state index contributed by atoms with van der Waals surface area (Å²) in [6, 6.07) is 5.10. The van der Waals surface area contributed by atoms with E-state index in [2.05, 4.69) is 0 Å². The normalized spacial score (nSPS) is 10.0. The van der Waals surface area contributed by atoms with Crippen molar-refractivity contribution in [1.82, 2.24) is 0 Å². The topological polar surface area (TPSA) is 52.4 Å². The maximum atomic E-state index is 10.8. The van der Waals surface area contributed by atoms with Gasteiger partial charge in [0.1, 0.15) is 0 Å². The van der Waals surface area contributed by atoms with E-state index in [1.165, 1.54) is 0 Å². The first-order valence-corrected chi connectivity index (χ1v) is 5.92. The molecule has 0 aliphatic heterocycles. The lowest BCUT2D eigenvalue weighted by molar-refractivity contribution is -0.386. The molecule has 1 aromatic rings. The van der Waals surface area contributed by atoms with Crippen molar-refractivity contribution >= 4 is 17.4 Å². The number of ether oxygens (including phenoxy) is 1. The first kappa shape index (κ1) is 11.8. The fourth-order valence-electron chi connectivity index (χ4n) is 1.22. The van der Waals surface area contributed by atoms with Crippen molar-refractivity contribution in [3.05, 3.63) is 33.9 Å². The van der Waals surface area contributed by atoms with E-state index in [1.807, 2.05) is 6.26 Å². The summed E-state index contributed by atoms with van der Waals surface area (Å²) in [4.78, 5) is 10.4. The molecule has 0 fully saturated rings. The summed E-state index contributed by atoms with van der Waals surface area (Å²) in [6.07, 6.45) is 1.97. The average Bonchev–Trinajstić information content (AvgIpc) is 2.17. The minimum atomic E-state index is -0.399. The molecule has 1 aromatic carbocycles. The van der Waals surface area contributed by atoms with Gasteiger partial charge < -0.3 is 4.74 Å². The highest BCUT2D eigenvalue weighted by atomic mass is 32.2. The molecule has 0 N–H and O–H groups in total. The SMILES string of the molecule is CSCCOc1cccc(C)c1[N+](=O)[O-]. The number of nitro benzene ring substituents is 1. The Morgan fingerprint density at radius 2 is 2.27 bits per heavy atom. The second kappa shape index (κ2) is 5.60. The third-order valence-electron chi connectivity index (χ3n) is 1.93. The average molecular weight is 227 g/mol. The van der Waals surface area contributed by atoms with Gasteiger partial charge in [-0.2, -0.15) is 11.8 Å². The lowest BCUT2D eigenvalue weighted by Crippen LogP contribution is -2.03. The van der Waals surface area contributed by atoms with Crippen LogP contribution in [0.5, 0.6) is 5.75 Å². The van der Waals surface area contributed by atoms with Crippen LogP contribution >= 0.6 is 11.8 Å². The van der Waals surface area contributed by atoms with Gasteiger partial charge in [0, 0.05) is 11.3 Å². The number of aryl methyl sites for hydroxylation is 1. The van der Waals surface area contributed by atoms with E-state index >= 15 is 0 Å². The number of para-hydroxylation sites is 1. The Morgan fingerprint density at radius 1 is 1.53 bits per heavy atom. The highest BCUT2D eigenvalue weighted by molar-refractivity contribution is 7.98. The summed E-state index contributed by atoms with van der Waals surface area (Å²) in [5, 5.41) is 10.8. The molecule has 0 radical (unpaired) electrons. The minimum absolute atomic E-state index is 0.0682. The predicted molar refractivity (Wildman–Crippen MR) is 61.7 cm³/mol. The molecule has 0 atom stereocenters. The van der Waals surface area contributed by atoms with Gasteiger partial charge in [0.05, 0.1) is 11.5 Å². The summed E-state index contributed by atoms with van der Waals surface area (Å²) in [7, 11) is 0. The minimum Gasteiger partial charge on any atom is -0.486 e. The monoisotopic (exact) mass is 227 g/mol. The molecule has 82 valence electrons. The number of benzene rings is 1. The quantitative estimate of drug-likeness (QED) is 0.441. The van der Waals surface area contributed by atoms with Crippen molar-refractivity contribution in [2.45, 2.75) is 6.92 Å². The maximum Gasteiger partial charge on any atom is 0.313 e. The van der Waals surface area contributed by atoms with E-state index in [4.69, 9.17) is 4.74 Å². The van der Waals surface area contributed by atoms with Crippen LogP contribution in [0.4, 0.5) is 5.69 Å².